The fourth-order valence-electron chi connectivity index (χ4n) is 2.05. The minimum Gasteiger partial charge on any atom is -0.337 e. The van der Waals surface area contributed by atoms with Crippen LogP contribution in [0.15, 0.2) is 29.4 Å². The average Bonchev–Trinajstić information content (AvgIpc) is 2.94. The second kappa shape index (κ2) is 7.89. The van der Waals surface area contributed by atoms with Gasteiger partial charge in [-0.25, -0.2) is 0 Å². The summed E-state index contributed by atoms with van der Waals surface area (Å²) in [6.07, 6.45) is 0. The highest BCUT2D eigenvalue weighted by atomic mass is 35.5. The third-order valence-electron chi connectivity index (χ3n) is 4.06. The van der Waals surface area contributed by atoms with Gasteiger partial charge in [0.15, 0.2) is 11.0 Å². The Morgan fingerprint density at radius 3 is 2.60 bits per heavy atom. The lowest BCUT2D eigenvalue weighted by atomic mass is 9.90. The molecule has 132 valence electrons. The van der Waals surface area contributed by atoms with Crippen LogP contribution in [0.3, 0.4) is 0 Å². The Morgan fingerprint density at radius 1 is 1.40 bits per heavy atom. The molecule has 1 N–H and O–H groups in total. The summed E-state index contributed by atoms with van der Waals surface area (Å²) in [6.45, 7) is 5.52. The summed E-state index contributed by atoms with van der Waals surface area (Å²) in [6, 6.07) is 9.49. The van der Waals surface area contributed by atoms with Crippen LogP contribution in [0.2, 0.25) is 5.02 Å². The van der Waals surface area contributed by atoms with E-state index in [4.69, 9.17) is 11.6 Å². The molecule has 6 nitrogen and oxygen atoms in total. The molecule has 1 heterocycles. The highest BCUT2D eigenvalue weighted by molar-refractivity contribution is 7.99. The van der Waals surface area contributed by atoms with Crippen LogP contribution < -0.4 is 5.32 Å². The maximum Gasteiger partial charge on any atom is 0.231 e. The average molecular weight is 378 g/mol. The Labute approximate surface area is 156 Å². The number of rotatable bonds is 6. The number of hydrogen-bond donors (Lipinski definition) is 1. The van der Waals surface area contributed by atoms with Crippen molar-refractivity contribution in [2.45, 2.75) is 31.5 Å². The van der Waals surface area contributed by atoms with E-state index in [1.165, 1.54) is 11.8 Å². The molecule has 1 atom stereocenters. The van der Waals surface area contributed by atoms with Gasteiger partial charge in [0.05, 0.1) is 11.8 Å². The summed E-state index contributed by atoms with van der Waals surface area (Å²) in [5, 5.41) is 21.7. The summed E-state index contributed by atoms with van der Waals surface area (Å²) < 4.78 is 1.83. The largest absolute Gasteiger partial charge is 0.337 e. The molecule has 0 spiro atoms. The van der Waals surface area contributed by atoms with Crippen molar-refractivity contribution in [1.82, 2.24) is 20.1 Å². The highest BCUT2D eigenvalue weighted by Gasteiger charge is 2.30. The van der Waals surface area contributed by atoms with Crippen LogP contribution in [-0.2, 0) is 11.8 Å². The van der Waals surface area contributed by atoms with E-state index in [0.717, 1.165) is 5.56 Å². The van der Waals surface area contributed by atoms with E-state index in [1.54, 1.807) is 19.1 Å². The number of nitriles is 1. The van der Waals surface area contributed by atoms with Gasteiger partial charge >= 0.3 is 0 Å². The summed E-state index contributed by atoms with van der Waals surface area (Å²) in [5.74, 6) is 0.663. The monoisotopic (exact) mass is 377 g/mol. The van der Waals surface area contributed by atoms with E-state index in [2.05, 4.69) is 21.6 Å². The molecule has 0 aliphatic heterocycles. The molecule has 1 amide bonds. The number of halogens is 1. The van der Waals surface area contributed by atoms with Crippen LogP contribution >= 0.6 is 23.4 Å². The van der Waals surface area contributed by atoms with Gasteiger partial charge in [-0.05, 0) is 37.1 Å². The molecular formula is C17H20ClN5OS. The van der Waals surface area contributed by atoms with Gasteiger partial charge in [-0.3, -0.25) is 4.79 Å². The molecule has 0 aliphatic carbocycles. The van der Waals surface area contributed by atoms with Crippen molar-refractivity contribution >= 4 is 29.3 Å². The molecule has 0 unspecified atom stereocenters. The summed E-state index contributed by atoms with van der Waals surface area (Å²) >= 11 is 7.18. The molecular weight excluding hydrogens is 358 g/mol. The maximum atomic E-state index is 12.2. The first kappa shape index (κ1) is 19.3. The van der Waals surface area contributed by atoms with Crippen LogP contribution in [0.4, 0.5) is 0 Å². The molecule has 0 bridgehead atoms. The molecule has 2 aromatic rings. The van der Waals surface area contributed by atoms with E-state index >= 15 is 0 Å². The molecule has 1 aromatic carbocycles. The zero-order valence-electron chi connectivity index (χ0n) is 14.6. The molecule has 0 saturated heterocycles. The fourth-order valence-corrected chi connectivity index (χ4v) is 2.89. The lowest BCUT2D eigenvalue weighted by molar-refractivity contribution is -0.120. The molecule has 0 saturated carbocycles. The molecule has 0 radical (unpaired) electrons. The second-order valence-corrected chi connectivity index (χ2v) is 7.56. The Morgan fingerprint density at radius 2 is 2.04 bits per heavy atom. The lowest BCUT2D eigenvalue weighted by Crippen LogP contribution is -2.49. The molecule has 0 aliphatic rings. The van der Waals surface area contributed by atoms with E-state index in [-0.39, 0.29) is 17.6 Å². The first-order chi connectivity index (χ1) is 11.8. The van der Waals surface area contributed by atoms with Gasteiger partial charge < -0.3 is 9.88 Å². The number of amides is 1. The van der Waals surface area contributed by atoms with Crippen molar-refractivity contribution in [2.24, 2.45) is 13.0 Å². The van der Waals surface area contributed by atoms with Gasteiger partial charge in [0.25, 0.3) is 0 Å². The van der Waals surface area contributed by atoms with Gasteiger partial charge in [-0.2, -0.15) is 5.26 Å². The third-order valence-corrected chi connectivity index (χ3v) is 5.33. The SMILES string of the molecule is CC(C)[C@](C)(C#N)NC(=O)CSc1nnc(-c2ccc(Cl)cc2)n1C. The van der Waals surface area contributed by atoms with Crippen LogP contribution in [-0.4, -0.2) is 32.0 Å². The van der Waals surface area contributed by atoms with Crippen LogP contribution in [0.5, 0.6) is 0 Å². The van der Waals surface area contributed by atoms with Gasteiger partial charge in [0, 0.05) is 17.6 Å². The minimum absolute atomic E-state index is 0.0118. The maximum absolute atomic E-state index is 12.2. The predicted octanol–water partition coefficient (Wildman–Crippen LogP) is 3.28. The van der Waals surface area contributed by atoms with E-state index in [9.17, 15) is 10.1 Å². The number of thioether (sulfide) groups is 1. The Kier molecular flexibility index (Phi) is 6.09. The Bertz CT molecular complexity index is 796. The first-order valence-corrected chi connectivity index (χ1v) is 9.13. The van der Waals surface area contributed by atoms with Crippen molar-refractivity contribution in [3.8, 4) is 17.5 Å². The molecule has 0 fully saturated rings. The molecule has 2 rings (SSSR count). The zero-order valence-corrected chi connectivity index (χ0v) is 16.1. The third kappa shape index (κ3) is 4.53. The standard InChI is InChI=1S/C17H20ClN5OS/c1-11(2)17(3,10-19)20-14(24)9-25-16-22-21-15(23(16)4)12-5-7-13(18)8-6-12/h5-8,11H,9H2,1-4H3,(H,20,24)/t17-/m0/s1. The van der Waals surface area contributed by atoms with Crippen LogP contribution in [0.25, 0.3) is 11.4 Å². The van der Waals surface area contributed by atoms with Crippen molar-refractivity contribution in [2.75, 3.05) is 5.75 Å². The minimum atomic E-state index is -0.883. The van der Waals surface area contributed by atoms with Crippen molar-refractivity contribution in [3.05, 3.63) is 29.3 Å². The molecule has 1 aromatic heterocycles. The first-order valence-electron chi connectivity index (χ1n) is 7.77. The molecule has 25 heavy (non-hydrogen) atoms. The number of carbonyl (C=O) groups is 1. The summed E-state index contributed by atoms with van der Waals surface area (Å²) in [4.78, 5) is 12.2. The number of nitrogens with zero attached hydrogens (tertiary/aromatic N) is 4. The summed E-state index contributed by atoms with van der Waals surface area (Å²) in [7, 11) is 1.84. The Hall–Kier alpha value is -2.04. The normalized spacial score (nSPS) is 13.3. The van der Waals surface area contributed by atoms with Crippen LogP contribution in [0, 0.1) is 17.2 Å². The topological polar surface area (TPSA) is 83.6 Å². The van der Waals surface area contributed by atoms with Crippen molar-refractivity contribution in [3.63, 3.8) is 0 Å². The van der Waals surface area contributed by atoms with Gasteiger partial charge in [0.2, 0.25) is 5.91 Å². The Balaban J connectivity index is 2.04. The van der Waals surface area contributed by atoms with Gasteiger partial charge in [0.1, 0.15) is 5.54 Å². The van der Waals surface area contributed by atoms with Crippen LogP contribution in [0.1, 0.15) is 20.8 Å². The van der Waals surface area contributed by atoms with E-state index < -0.39 is 5.54 Å². The van der Waals surface area contributed by atoms with Crippen molar-refractivity contribution in [1.29, 1.82) is 5.26 Å². The van der Waals surface area contributed by atoms with Crippen molar-refractivity contribution < 1.29 is 4.79 Å². The lowest BCUT2D eigenvalue weighted by Gasteiger charge is -2.27. The quantitative estimate of drug-likeness (QED) is 0.781. The van der Waals surface area contributed by atoms with Gasteiger partial charge in [-0.15, -0.1) is 10.2 Å². The molecule has 8 heteroatoms. The van der Waals surface area contributed by atoms with Gasteiger partial charge in [-0.1, -0.05) is 37.2 Å². The number of benzene rings is 1. The van der Waals surface area contributed by atoms with E-state index in [0.29, 0.717) is 16.0 Å². The van der Waals surface area contributed by atoms with E-state index in [1.807, 2.05) is 37.6 Å². The number of hydrogen-bond acceptors (Lipinski definition) is 5. The highest BCUT2D eigenvalue weighted by Crippen LogP contribution is 2.24. The second-order valence-electron chi connectivity index (χ2n) is 6.18. The number of nitrogens with one attached hydrogen (secondary N) is 1. The summed E-state index contributed by atoms with van der Waals surface area (Å²) in [5.41, 5.74) is 0.0130. The number of aromatic nitrogens is 3. The zero-order chi connectivity index (χ0) is 18.6. The number of carbonyl (C=O) groups excluding carboxylic acids is 1. The fraction of sp³-hybridized carbons (Fsp3) is 0.412. The predicted molar refractivity (Wildman–Crippen MR) is 99.2 cm³/mol. The smallest absolute Gasteiger partial charge is 0.231 e.